The van der Waals surface area contributed by atoms with Crippen molar-refractivity contribution in [3.05, 3.63) is 236 Å². The fraction of sp³-hybridized carbons (Fsp3) is 0.333. The molecular formula is C84H90F6IN19O14. The van der Waals surface area contributed by atoms with Crippen LogP contribution in [0.1, 0.15) is 110 Å². The Kier molecular flexibility index (Phi) is 29.5. The zero-order valence-electron chi connectivity index (χ0n) is 68.8. The molecule has 654 valence electrons. The first kappa shape index (κ1) is 91.3. The van der Waals surface area contributed by atoms with Crippen molar-refractivity contribution in [3.8, 4) is 5.75 Å². The molecule has 3 aromatic heterocycles. The summed E-state index contributed by atoms with van der Waals surface area (Å²) in [7, 11) is 0. The van der Waals surface area contributed by atoms with Crippen molar-refractivity contribution in [1.82, 2.24) is 74.7 Å². The summed E-state index contributed by atoms with van der Waals surface area (Å²) in [4.78, 5) is 145. The standard InChI is InChI=1S/C24H21F3N6O3.C22H27N5O4.C13H8F3NO2.C12H18IN3O2.C10H10N2O2.C3H6N2O/c1-14-10-33-20(11-31(14)24(36)29-16-7-17(25)22(27)18(26)8-16)19(9-28-33)32-13-30(12-21(32)34)23(35)15-5-3-2-4-6-15;1-15-11-27-18(12-25(15)21(30)31-22(2,3)4)17(10-23-27)26-14-24(13-19(26)28)20(29)16-8-6-5-7-9-16;14-10-6-8(7-11(15)12(10)16)17-13(18)19-9-4-2-1-3-5-9;1-8-6-16-10(9(13)5-14-16)7-15(8)11(17)18-12(2,3)4;13-9-6-12(7-11-9)10(14)8-4-2-1-3-5-8;6-3-1-4-2-5-3/h2-9,14H,10-13H2,1H3,(H,29,36);5-10,15H,11-14H2,1-4H3;1-7H,(H,17,18);5,8H,6-7H2,1-4H3;1-5H,6-7H2,(H,11,13);4H,1-2H2,(H,5,6)/t14-;15-;;8-;;/m00.0../s1. The molecule has 12 amide bonds. The number of fused-ring (bicyclic) bond motifs is 3. The molecule has 0 radical (unpaired) electrons. The Morgan fingerprint density at radius 1 is 0.460 bits per heavy atom. The van der Waals surface area contributed by atoms with E-state index in [1.165, 1.54) is 42.8 Å². The molecule has 7 aliphatic heterocycles. The van der Waals surface area contributed by atoms with Crippen molar-refractivity contribution in [2.45, 2.75) is 131 Å². The third-order valence-electron chi connectivity index (χ3n) is 19.4. The Morgan fingerprint density at radius 3 is 1.23 bits per heavy atom. The van der Waals surface area contributed by atoms with Gasteiger partial charge in [-0.05, 0) is 133 Å². The molecule has 3 atom stereocenters. The predicted molar refractivity (Wildman–Crippen MR) is 446 cm³/mol. The van der Waals surface area contributed by atoms with Gasteiger partial charge in [-0.2, -0.15) is 15.3 Å². The Hall–Kier alpha value is -13.4. The lowest BCUT2D eigenvalue weighted by atomic mass is 10.2. The zero-order valence-corrected chi connectivity index (χ0v) is 71.0. The van der Waals surface area contributed by atoms with E-state index in [9.17, 15) is 79.1 Å². The number of ether oxygens (including phenoxy) is 3. The number of anilines is 4. The van der Waals surface area contributed by atoms with Crippen molar-refractivity contribution in [3.63, 3.8) is 0 Å². The highest BCUT2D eigenvalue weighted by molar-refractivity contribution is 14.1. The van der Waals surface area contributed by atoms with Gasteiger partial charge in [0.05, 0.1) is 134 Å². The van der Waals surface area contributed by atoms with Gasteiger partial charge in [-0.25, -0.2) is 45.5 Å². The van der Waals surface area contributed by atoms with E-state index in [4.69, 9.17) is 14.2 Å². The number of hydrogen-bond acceptors (Lipinski definition) is 18. The Labute approximate surface area is 721 Å². The van der Waals surface area contributed by atoms with Crippen LogP contribution >= 0.6 is 22.6 Å². The van der Waals surface area contributed by atoms with E-state index < -0.39 is 64.3 Å². The molecule has 33 nitrogen and oxygen atoms in total. The molecule has 4 fully saturated rings. The maximum Gasteiger partial charge on any atom is 0.417 e. The molecule has 6 aromatic carbocycles. The van der Waals surface area contributed by atoms with Crippen LogP contribution in [-0.2, 0) is 67.9 Å². The Balaban J connectivity index is 0.000000154. The van der Waals surface area contributed by atoms with E-state index in [2.05, 4.69) is 64.5 Å². The largest absolute Gasteiger partial charge is 0.444 e. The van der Waals surface area contributed by atoms with Crippen LogP contribution in [0.15, 0.2) is 164 Å². The third kappa shape index (κ3) is 23.4. The first-order chi connectivity index (χ1) is 58.9. The number of rotatable bonds is 8. The van der Waals surface area contributed by atoms with Gasteiger partial charge < -0.3 is 49.8 Å². The molecule has 4 saturated heterocycles. The number of carbonyl (C=O) groups excluding carboxylic acids is 11. The molecule has 0 bridgehead atoms. The lowest BCUT2D eigenvalue weighted by Gasteiger charge is -2.36. The van der Waals surface area contributed by atoms with E-state index in [1.54, 1.807) is 130 Å². The number of para-hydroxylation sites is 1. The van der Waals surface area contributed by atoms with Crippen molar-refractivity contribution in [1.29, 1.82) is 0 Å². The minimum atomic E-state index is -1.62. The summed E-state index contributed by atoms with van der Waals surface area (Å²) in [5.74, 6) is -9.63. The molecule has 40 heteroatoms. The molecule has 16 rings (SSSR count). The number of aromatic nitrogens is 6. The van der Waals surface area contributed by atoms with Crippen LogP contribution in [0.25, 0.3) is 0 Å². The summed E-state index contributed by atoms with van der Waals surface area (Å²) in [6, 6.07) is 36.3. The van der Waals surface area contributed by atoms with Gasteiger partial charge in [0.25, 0.3) is 17.7 Å². The molecule has 10 heterocycles. The van der Waals surface area contributed by atoms with Crippen LogP contribution in [0.5, 0.6) is 5.75 Å². The molecule has 5 N–H and O–H groups in total. The van der Waals surface area contributed by atoms with Crippen molar-refractivity contribution in [2.75, 3.05) is 73.3 Å². The number of benzene rings is 6. The first-order valence-electron chi connectivity index (χ1n) is 38.9. The van der Waals surface area contributed by atoms with Gasteiger partial charge in [0, 0.05) is 46.6 Å². The smallest absolute Gasteiger partial charge is 0.417 e. The number of nitrogens with zero attached hydrogens (tertiary/aromatic N) is 14. The lowest BCUT2D eigenvalue weighted by molar-refractivity contribution is -0.119. The van der Waals surface area contributed by atoms with Gasteiger partial charge >= 0.3 is 24.3 Å². The highest BCUT2D eigenvalue weighted by atomic mass is 127. The van der Waals surface area contributed by atoms with E-state index in [0.717, 1.165) is 21.5 Å². The lowest BCUT2D eigenvalue weighted by Crippen LogP contribution is -2.47. The van der Waals surface area contributed by atoms with Gasteiger partial charge in [0.2, 0.25) is 23.6 Å². The fourth-order valence-electron chi connectivity index (χ4n) is 13.3. The molecular weight excluding hydrogens is 1740 g/mol. The number of hydrogen-bond donors (Lipinski definition) is 5. The van der Waals surface area contributed by atoms with Crippen molar-refractivity contribution < 1.29 is 93.3 Å². The minimum absolute atomic E-state index is 0.00449. The van der Waals surface area contributed by atoms with Crippen LogP contribution < -0.4 is 41.1 Å². The predicted octanol–water partition coefficient (Wildman–Crippen LogP) is 10.9. The highest BCUT2D eigenvalue weighted by Crippen LogP contribution is 2.34. The number of halogens is 7. The maximum atomic E-state index is 13.6. The monoisotopic (exact) mass is 1830 g/mol. The fourth-order valence-corrected chi connectivity index (χ4v) is 13.8. The number of amides is 12. The first-order valence-corrected chi connectivity index (χ1v) is 40.0. The minimum Gasteiger partial charge on any atom is -0.444 e. The number of nitrogens with one attached hydrogen (secondary N) is 5. The average molecular weight is 1830 g/mol. The number of urea groups is 1. The maximum absolute atomic E-state index is 13.6. The molecule has 124 heavy (non-hydrogen) atoms. The molecule has 9 aromatic rings. The van der Waals surface area contributed by atoms with Gasteiger partial charge in [0.1, 0.15) is 49.9 Å². The van der Waals surface area contributed by atoms with E-state index in [1.807, 2.05) is 83.1 Å². The van der Waals surface area contributed by atoms with Crippen LogP contribution in [0.2, 0.25) is 0 Å². The van der Waals surface area contributed by atoms with Gasteiger partial charge in [0.15, 0.2) is 34.9 Å². The summed E-state index contributed by atoms with van der Waals surface area (Å²) in [5, 5.41) is 25.5. The van der Waals surface area contributed by atoms with Gasteiger partial charge in [-0.15, -0.1) is 0 Å². The molecule has 7 aliphatic rings. The quantitative estimate of drug-likeness (QED) is 0.0536. The summed E-state index contributed by atoms with van der Waals surface area (Å²) < 4.78 is 101. The van der Waals surface area contributed by atoms with Crippen LogP contribution in [0.3, 0.4) is 0 Å². The highest BCUT2D eigenvalue weighted by Gasteiger charge is 2.41. The van der Waals surface area contributed by atoms with E-state index in [0.29, 0.717) is 97.5 Å². The molecule has 0 aliphatic carbocycles. The van der Waals surface area contributed by atoms with Crippen molar-refractivity contribution in [2.24, 2.45) is 0 Å². The SMILES string of the molecule is C[C@H]1Cn2ncc(I)c2CN1C(=O)OC(C)(C)C.C[C@H]1Cn2ncc(N3CN(C(=O)c4ccccc4)CC3=O)c2CN1C(=O)Nc1cc(F)c(F)c(F)c1.C[C@H]1Cn2ncc(N3CN(C(=O)c4ccccc4)CC3=O)c2CN1C(=O)OC(C)(C)C.O=C(Nc1cc(F)c(F)c(F)c1)Oc1ccccc1.O=C1CN(C(=O)c2ccccc2)CN1.O=C1CNCN1. The average Bonchev–Trinajstić information content (AvgIpc) is 1.62. The molecule has 0 unspecified atom stereocenters. The molecule has 0 saturated carbocycles. The van der Waals surface area contributed by atoms with Crippen LogP contribution in [-0.4, -0.2) is 207 Å². The van der Waals surface area contributed by atoms with Crippen LogP contribution in [0.4, 0.5) is 68.3 Å². The summed E-state index contributed by atoms with van der Waals surface area (Å²) >= 11 is 2.25. The van der Waals surface area contributed by atoms with Gasteiger partial charge in [-0.1, -0.05) is 72.8 Å². The second kappa shape index (κ2) is 40.1. The second-order valence-corrected chi connectivity index (χ2v) is 32.3. The van der Waals surface area contributed by atoms with E-state index >= 15 is 0 Å². The van der Waals surface area contributed by atoms with Crippen molar-refractivity contribution >= 4 is 111 Å². The summed E-state index contributed by atoms with van der Waals surface area (Å²) in [5.41, 5.74) is 3.60. The number of carbonyl (C=O) groups is 11. The normalized spacial score (nSPS) is 16.9. The molecule has 0 spiro atoms. The second-order valence-electron chi connectivity index (χ2n) is 31.1. The van der Waals surface area contributed by atoms with Gasteiger partial charge in [-0.3, -0.25) is 77.8 Å². The summed E-state index contributed by atoms with van der Waals surface area (Å²) in [6.45, 7) is 21.0. The van der Waals surface area contributed by atoms with Crippen LogP contribution in [0, 0.1) is 38.5 Å². The zero-order chi connectivity index (χ0) is 89.6. The Bertz CT molecular complexity index is 5380. The summed E-state index contributed by atoms with van der Waals surface area (Å²) in [6.07, 6.45) is 3.40. The topological polar surface area (TPSA) is 355 Å². The third-order valence-corrected chi connectivity index (χ3v) is 20.3. The Morgan fingerprint density at radius 2 is 0.839 bits per heavy atom. The van der Waals surface area contributed by atoms with E-state index in [-0.39, 0.29) is 129 Å².